The fourth-order valence-electron chi connectivity index (χ4n) is 2.67. The second-order valence-electron chi connectivity index (χ2n) is 5.33. The Morgan fingerprint density at radius 1 is 1.12 bits per heavy atom. The first-order valence-electron chi connectivity index (χ1n) is 7.41. The van der Waals surface area contributed by atoms with E-state index in [0.29, 0.717) is 17.3 Å². The van der Waals surface area contributed by atoms with E-state index in [0.717, 1.165) is 11.1 Å². The first kappa shape index (κ1) is 14.1. The van der Waals surface area contributed by atoms with Gasteiger partial charge in [-0.05, 0) is 18.2 Å². The van der Waals surface area contributed by atoms with E-state index in [1.54, 1.807) is 35.0 Å². The van der Waals surface area contributed by atoms with Gasteiger partial charge < -0.3 is 5.32 Å². The minimum Gasteiger partial charge on any atom is -0.346 e. The van der Waals surface area contributed by atoms with Crippen molar-refractivity contribution in [1.82, 2.24) is 25.1 Å². The van der Waals surface area contributed by atoms with Gasteiger partial charge in [-0.25, -0.2) is 9.61 Å². The Morgan fingerprint density at radius 3 is 2.79 bits per heavy atom. The summed E-state index contributed by atoms with van der Waals surface area (Å²) in [5.74, 6) is -0.349. The van der Waals surface area contributed by atoms with Crippen molar-refractivity contribution in [1.29, 1.82) is 0 Å². The van der Waals surface area contributed by atoms with Gasteiger partial charge in [-0.2, -0.15) is 10.2 Å². The molecule has 1 amide bonds. The van der Waals surface area contributed by atoms with Crippen LogP contribution in [-0.2, 0) is 6.54 Å². The maximum Gasteiger partial charge on any atom is 0.272 e. The fraction of sp³-hybridized carbons (Fsp3) is 0.0588. The molecule has 0 spiro atoms. The van der Waals surface area contributed by atoms with Gasteiger partial charge in [0.2, 0.25) is 0 Å². The summed E-state index contributed by atoms with van der Waals surface area (Å²) in [4.78, 5) is 24.3. The Bertz CT molecular complexity index is 1110. The average molecular weight is 319 g/mol. The lowest BCUT2D eigenvalue weighted by molar-refractivity contribution is 0.0947. The van der Waals surface area contributed by atoms with Crippen LogP contribution < -0.4 is 10.9 Å². The number of aromatic nitrogens is 4. The van der Waals surface area contributed by atoms with Gasteiger partial charge in [0.25, 0.3) is 11.5 Å². The van der Waals surface area contributed by atoms with Gasteiger partial charge in [0.15, 0.2) is 5.69 Å². The molecule has 7 heteroatoms. The number of hydrogen-bond donors (Lipinski definition) is 2. The maximum absolute atomic E-state index is 12.5. The van der Waals surface area contributed by atoms with Crippen LogP contribution in [0.5, 0.6) is 0 Å². The average Bonchev–Trinajstić information content (AvgIpc) is 3.03. The summed E-state index contributed by atoms with van der Waals surface area (Å²) in [5, 5.41) is 14.3. The van der Waals surface area contributed by atoms with Crippen LogP contribution in [0.15, 0.2) is 59.7 Å². The lowest BCUT2D eigenvalue weighted by atomic mass is 10.1. The van der Waals surface area contributed by atoms with Crippen LogP contribution in [0, 0.1) is 0 Å². The number of amides is 1. The number of benzene rings is 1. The Labute approximate surface area is 135 Å². The van der Waals surface area contributed by atoms with E-state index in [4.69, 9.17) is 0 Å². The molecule has 3 aromatic heterocycles. The molecule has 0 bridgehead atoms. The molecule has 24 heavy (non-hydrogen) atoms. The number of carbonyl (C=O) groups excluding carboxylic acids is 1. The molecule has 1 aromatic carbocycles. The minimum atomic E-state index is -0.349. The monoisotopic (exact) mass is 319 g/mol. The summed E-state index contributed by atoms with van der Waals surface area (Å²) in [6.07, 6.45) is 3.56. The van der Waals surface area contributed by atoms with Crippen LogP contribution >= 0.6 is 0 Å². The van der Waals surface area contributed by atoms with Crippen molar-refractivity contribution in [3.63, 3.8) is 0 Å². The van der Waals surface area contributed by atoms with E-state index in [-0.39, 0.29) is 17.2 Å². The summed E-state index contributed by atoms with van der Waals surface area (Å²) < 4.78 is 1.75. The number of rotatable bonds is 3. The van der Waals surface area contributed by atoms with Gasteiger partial charge in [0, 0.05) is 23.7 Å². The van der Waals surface area contributed by atoms with Crippen LogP contribution in [0.4, 0.5) is 0 Å². The Morgan fingerprint density at radius 2 is 1.92 bits per heavy atom. The van der Waals surface area contributed by atoms with E-state index in [2.05, 4.69) is 20.6 Å². The van der Waals surface area contributed by atoms with Crippen molar-refractivity contribution in [3.05, 3.63) is 76.5 Å². The van der Waals surface area contributed by atoms with Crippen LogP contribution in [0.2, 0.25) is 0 Å². The fourth-order valence-corrected chi connectivity index (χ4v) is 2.67. The van der Waals surface area contributed by atoms with Crippen LogP contribution in [0.25, 0.3) is 16.3 Å². The maximum atomic E-state index is 12.5. The van der Waals surface area contributed by atoms with Gasteiger partial charge in [-0.15, -0.1) is 0 Å². The van der Waals surface area contributed by atoms with Gasteiger partial charge in [-0.3, -0.25) is 9.59 Å². The number of fused-ring (bicyclic) bond motifs is 2. The third-order valence-corrected chi connectivity index (χ3v) is 3.86. The predicted octanol–water partition coefficient (Wildman–Crippen LogP) is 1.50. The highest BCUT2D eigenvalue weighted by Crippen LogP contribution is 2.13. The highest BCUT2D eigenvalue weighted by Gasteiger charge is 2.14. The van der Waals surface area contributed by atoms with Crippen molar-refractivity contribution < 1.29 is 4.79 Å². The molecule has 4 aromatic rings. The molecule has 0 radical (unpaired) electrons. The second kappa shape index (κ2) is 5.62. The molecule has 0 saturated heterocycles. The number of pyridine rings is 1. The third-order valence-electron chi connectivity index (χ3n) is 3.86. The number of H-pyrrole nitrogens is 1. The predicted molar refractivity (Wildman–Crippen MR) is 88.7 cm³/mol. The molecule has 0 unspecified atom stereocenters. The number of nitrogens with zero attached hydrogens (tertiary/aromatic N) is 3. The summed E-state index contributed by atoms with van der Waals surface area (Å²) in [7, 11) is 0. The molecule has 0 aliphatic rings. The van der Waals surface area contributed by atoms with Crippen molar-refractivity contribution in [3.8, 4) is 0 Å². The molecule has 3 heterocycles. The minimum absolute atomic E-state index is 0.196. The number of carbonyl (C=O) groups is 1. The van der Waals surface area contributed by atoms with Gasteiger partial charge >= 0.3 is 0 Å². The van der Waals surface area contributed by atoms with Crippen LogP contribution in [-0.4, -0.2) is 25.7 Å². The highest BCUT2D eigenvalue weighted by atomic mass is 16.2. The van der Waals surface area contributed by atoms with Crippen LogP contribution in [0.1, 0.15) is 16.1 Å². The van der Waals surface area contributed by atoms with Gasteiger partial charge in [0.05, 0.1) is 17.1 Å². The van der Waals surface area contributed by atoms with Crippen molar-refractivity contribution in [2.24, 2.45) is 0 Å². The summed E-state index contributed by atoms with van der Waals surface area (Å²) in [6.45, 7) is 0.321. The molecule has 4 rings (SSSR count). The molecule has 7 nitrogen and oxygen atoms in total. The van der Waals surface area contributed by atoms with Crippen molar-refractivity contribution in [2.75, 3.05) is 0 Å². The molecular weight excluding hydrogens is 306 g/mol. The van der Waals surface area contributed by atoms with E-state index < -0.39 is 0 Å². The largest absolute Gasteiger partial charge is 0.346 e. The van der Waals surface area contributed by atoms with Crippen LogP contribution in [0.3, 0.4) is 0 Å². The number of hydrogen-bond acceptors (Lipinski definition) is 4. The Hall–Kier alpha value is -3.48. The highest BCUT2D eigenvalue weighted by molar-refractivity contribution is 6.04. The zero-order valence-electron chi connectivity index (χ0n) is 12.6. The molecule has 0 atom stereocenters. The van der Waals surface area contributed by atoms with Gasteiger partial charge in [0.1, 0.15) is 0 Å². The normalized spacial score (nSPS) is 11.0. The lowest BCUT2D eigenvalue weighted by Gasteiger charge is -2.06. The van der Waals surface area contributed by atoms with E-state index in [1.165, 1.54) is 0 Å². The summed E-state index contributed by atoms with van der Waals surface area (Å²) in [6, 6.07) is 12.6. The van der Waals surface area contributed by atoms with Gasteiger partial charge in [-0.1, -0.05) is 24.3 Å². The molecule has 0 aliphatic carbocycles. The van der Waals surface area contributed by atoms with E-state index >= 15 is 0 Å². The van der Waals surface area contributed by atoms with E-state index in [1.807, 2.05) is 24.4 Å². The molecular formula is C17H13N5O2. The molecule has 0 saturated carbocycles. The second-order valence-corrected chi connectivity index (χ2v) is 5.33. The smallest absolute Gasteiger partial charge is 0.272 e. The molecule has 0 aliphatic heterocycles. The molecule has 2 N–H and O–H groups in total. The first-order chi connectivity index (χ1) is 11.7. The third kappa shape index (κ3) is 2.32. The standard InChI is InChI=1S/C17H13N5O2/c23-16-13-6-2-1-5-12(13)15(20-21-16)17(24)18-9-11-10-19-22-8-4-3-7-14(11)22/h1-8,10H,9H2,(H,18,24)(H,21,23). The van der Waals surface area contributed by atoms with E-state index in [9.17, 15) is 9.59 Å². The SMILES string of the molecule is O=C(NCc1cnn2ccccc12)c1n[nH]c(=O)c2ccccc12. The Kier molecular flexibility index (Phi) is 3.31. The first-order valence-corrected chi connectivity index (χ1v) is 7.41. The summed E-state index contributed by atoms with van der Waals surface area (Å²) >= 11 is 0. The quantitative estimate of drug-likeness (QED) is 0.598. The molecule has 118 valence electrons. The number of nitrogens with one attached hydrogen (secondary N) is 2. The zero-order chi connectivity index (χ0) is 16.5. The lowest BCUT2D eigenvalue weighted by Crippen LogP contribution is -2.26. The van der Waals surface area contributed by atoms with Crippen molar-refractivity contribution in [2.45, 2.75) is 6.54 Å². The zero-order valence-corrected chi connectivity index (χ0v) is 12.6. The molecule has 0 fully saturated rings. The van der Waals surface area contributed by atoms with Crippen molar-refractivity contribution >= 4 is 22.2 Å². The topological polar surface area (TPSA) is 92.2 Å². The summed E-state index contributed by atoms with van der Waals surface area (Å²) in [5.41, 5.74) is 1.71. The number of aromatic amines is 1. The Balaban J connectivity index is 1.63.